The minimum Gasteiger partial charge on any atom is -0.149 e. The molecule has 0 saturated carbocycles. The van der Waals surface area contributed by atoms with Crippen molar-refractivity contribution in [1.29, 1.82) is 0 Å². The van der Waals surface area contributed by atoms with E-state index in [0.717, 1.165) is 5.03 Å². The summed E-state index contributed by atoms with van der Waals surface area (Å²) in [6, 6.07) is 0. The molecule has 7 heavy (non-hydrogen) atoms. The van der Waals surface area contributed by atoms with Crippen molar-refractivity contribution in [2.75, 3.05) is 0 Å². The van der Waals surface area contributed by atoms with Crippen LogP contribution in [0.2, 0.25) is 0 Å². The van der Waals surface area contributed by atoms with Gasteiger partial charge in [-0.1, -0.05) is 0 Å². The summed E-state index contributed by atoms with van der Waals surface area (Å²) in [5, 5.41) is 11.2. The van der Waals surface area contributed by atoms with E-state index in [1.807, 2.05) is 0 Å². The molecule has 2 heterocycles. The lowest BCUT2D eigenvalue weighted by Crippen LogP contribution is -1.81. The maximum Gasteiger partial charge on any atom is 0.160 e. The van der Waals surface area contributed by atoms with Crippen molar-refractivity contribution in [3.63, 3.8) is 0 Å². The van der Waals surface area contributed by atoms with Crippen molar-refractivity contribution >= 4 is 23.9 Å². The fourth-order valence-electron chi connectivity index (χ4n) is 0.342. The first-order valence-corrected chi connectivity index (χ1v) is 3.19. The quantitative estimate of drug-likeness (QED) is 0.466. The molecule has 0 atom stereocenters. The summed E-state index contributed by atoms with van der Waals surface area (Å²) in [5.41, 5.74) is 0. The number of fused-ring (bicyclic) bond motifs is 2. The first-order chi connectivity index (χ1) is 3.45. The molecule has 3 nitrogen and oxygen atoms in total. The van der Waals surface area contributed by atoms with Gasteiger partial charge in [-0.3, -0.25) is 0 Å². The van der Waals surface area contributed by atoms with Gasteiger partial charge in [0.05, 0.1) is 5.41 Å². The highest BCUT2D eigenvalue weighted by atomic mass is 32.2. The molecule has 0 unspecified atom stereocenters. The van der Waals surface area contributed by atoms with Crippen molar-refractivity contribution in [2.45, 2.75) is 0 Å². The molecule has 0 aromatic carbocycles. The summed E-state index contributed by atoms with van der Waals surface area (Å²) in [6.07, 6.45) is 0. The third-order valence-corrected chi connectivity index (χ3v) is 2.26. The van der Waals surface area contributed by atoms with Gasteiger partial charge in [0.2, 0.25) is 0 Å². The van der Waals surface area contributed by atoms with Gasteiger partial charge < -0.3 is 0 Å². The summed E-state index contributed by atoms with van der Waals surface area (Å²) in [4.78, 5) is 0. The van der Waals surface area contributed by atoms with Crippen LogP contribution in [0.25, 0.3) is 0 Å². The Hall–Kier alpha value is -0.160. The molecule has 0 fully saturated rings. The number of hydrogen-bond acceptors (Lipinski definition) is 5. The molecular formula is C2N3S2. The molecule has 0 aromatic heterocycles. The third kappa shape index (κ3) is 0.450. The van der Waals surface area contributed by atoms with Crippen LogP contribution >= 0.6 is 23.9 Å². The predicted octanol–water partition coefficient (Wildman–Crippen LogP) is 1.58. The summed E-state index contributed by atoms with van der Waals surface area (Å²) in [7, 11) is 0. The van der Waals surface area contributed by atoms with Crippen LogP contribution in [0, 0.1) is 5.41 Å². The van der Waals surface area contributed by atoms with E-state index in [1.165, 1.54) is 23.9 Å². The highest BCUT2D eigenvalue weighted by Crippen LogP contribution is 2.43. The smallest absolute Gasteiger partial charge is 0.149 e. The van der Waals surface area contributed by atoms with Crippen LogP contribution in [0.15, 0.2) is 15.4 Å². The Morgan fingerprint density at radius 2 is 2.71 bits per heavy atom. The zero-order chi connectivity index (χ0) is 4.69. The van der Waals surface area contributed by atoms with Crippen molar-refractivity contribution in [3.05, 3.63) is 10.4 Å². The summed E-state index contributed by atoms with van der Waals surface area (Å²) < 4.78 is 1.70. The zero-order valence-electron chi connectivity index (χ0n) is 3.16. The summed E-state index contributed by atoms with van der Waals surface area (Å²) in [6.45, 7) is 0. The van der Waals surface area contributed by atoms with E-state index in [9.17, 15) is 0 Å². The van der Waals surface area contributed by atoms with E-state index in [4.69, 9.17) is 0 Å². The summed E-state index contributed by atoms with van der Waals surface area (Å²) >= 11 is 2.94. The second kappa shape index (κ2) is 1.16. The molecule has 0 amide bonds. The second-order valence-electron chi connectivity index (χ2n) is 1.02. The molecule has 2 aliphatic heterocycles. The largest absolute Gasteiger partial charge is 0.160 e. The summed E-state index contributed by atoms with van der Waals surface area (Å²) in [5.74, 6) is 0. The molecule has 2 aliphatic rings. The molecule has 0 aromatic rings. The van der Waals surface area contributed by atoms with Crippen LogP contribution < -0.4 is 0 Å². The topological polar surface area (TPSA) is 28.0 Å². The SMILES string of the molecule is [C]1=C2N=NN(S1)S2. The van der Waals surface area contributed by atoms with Gasteiger partial charge in [-0.15, -0.1) is 8.93 Å². The number of hydrogen-bond donors (Lipinski definition) is 0. The van der Waals surface area contributed by atoms with Gasteiger partial charge in [0.15, 0.2) is 5.03 Å². The van der Waals surface area contributed by atoms with E-state index >= 15 is 0 Å². The van der Waals surface area contributed by atoms with Gasteiger partial charge in [0, 0.05) is 23.9 Å². The molecule has 0 N–H and O–H groups in total. The van der Waals surface area contributed by atoms with Crippen LogP contribution in [0.1, 0.15) is 0 Å². The molecule has 1 radical (unpaired) electrons. The van der Waals surface area contributed by atoms with Crippen molar-refractivity contribution < 1.29 is 0 Å². The Labute approximate surface area is 49.1 Å². The second-order valence-corrected chi connectivity index (χ2v) is 2.90. The Bertz CT molecular complexity index is 151. The predicted molar refractivity (Wildman–Crippen MR) is 28.6 cm³/mol. The lowest BCUT2D eigenvalue weighted by Gasteiger charge is -1.94. The van der Waals surface area contributed by atoms with Gasteiger partial charge >= 0.3 is 0 Å². The minimum absolute atomic E-state index is 0.880. The monoisotopic (exact) mass is 130 g/mol. The van der Waals surface area contributed by atoms with Crippen LogP contribution in [-0.4, -0.2) is 3.82 Å². The molecule has 0 saturated heterocycles. The standard InChI is InChI=1S/C2N3S2/c1-2-3-4-5(6-1)7-2. The van der Waals surface area contributed by atoms with Crippen LogP contribution in [-0.2, 0) is 0 Å². The number of nitrogens with zero attached hydrogens (tertiary/aromatic N) is 3. The van der Waals surface area contributed by atoms with Gasteiger partial charge in [-0.25, -0.2) is 0 Å². The van der Waals surface area contributed by atoms with Crippen LogP contribution in [0.5, 0.6) is 0 Å². The molecule has 0 spiro atoms. The van der Waals surface area contributed by atoms with Gasteiger partial charge in [-0.2, -0.15) is 0 Å². The molecule has 2 bridgehead atoms. The van der Waals surface area contributed by atoms with E-state index in [0.29, 0.717) is 0 Å². The van der Waals surface area contributed by atoms with E-state index in [1.54, 1.807) is 3.82 Å². The Kier molecular flexibility index (Phi) is 0.631. The van der Waals surface area contributed by atoms with Crippen LogP contribution in [0.3, 0.4) is 0 Å². The molecule has 35 valence electrons. The van der Waals surface area contributed by atoms with Gasteiger partial charge in [-0.05, 0) is 5.22 Å². The van der Waals surface area contributed by atoms with Gasteiger partial charge in [0.1, 0.15) is 0 Å². The van der Waals surface area contributed by atoms with E-state index < -0.39 is 0 Å². The maximum atomic E-state index is 3.70. The lowest BCUT2D eigenvalue weighted by molar-refractivity contribution is 0.772. The third-order valence-electron chi connectivity index (χ3n) is 0.584. The molecule has 5 heteroatoms. The Morgan fingerprint density at radius 3 is 2.86 bits per heavy atom. The van der Waals surface area contributed by atoms with Gasteiger partial charge in [0.25, 0.3) is 0 Å². The van der Waals surface area contributed by atoms with Crippen molar-refractivity contribution in [2.24, 2.45) is 10.3 Å². The molecular weight excluding hydrogens is 130 g/mol. The Morgan fingerprint density at radius 1 is 1.71 bits per heavy atom. The highest BCUT2D eigenvalue weighted by molar-refractivity contribution is 8.17. The van der Waals surface area contributed by atoms with Crippen LogP contribution in [0.4, 0.5) is 0 Å². The van der Waals surface area contributed by atoms with E-state index in [-0.39, 0.29) is 0 Å². The van der Waals surface area contributed by atoms with E-state index in [2.05, 4.69) is 15.7 Å². The first kappa shape index (κ1) is 3.80. The normalized spacial score (nSPS) is 24.0. The number of rotatable bonds is 0. The fourth-order valence-corrected chi connectivity index (χ4v) is 1.64. The maximum absolute atomic E-state index is 3.70. The Balaban J connectivity index is 2.45. The molecule has 0 aliphatic carbocycles. The average molecular weight is 130 g/mol. The average Bonchev–Trinajstić information content (AvgIpc) is 2.22. The first-order valence-electron chi connectivity index (χ1n) is 1.65. The minimum atomic E-state index is 0.880. The highest BCUT2D eigenvalue weighted by Gasteiger charge is 2.21. The molecule has 2 rings (SSSR count). The van der Waals surface area contributed by atoms with Crippen molar-refractivity contribution in [1.82, 2.24) is 3.82 Å². The lowest BCUT2D eigenvalue weighted by atomic mass is 11.1. The zero-order valence-corrected chi connectivity index (χ0v) is 4.79. The van der Waals surface area contributed by atoms with Crippen molar-refractivity contribution in [3.8, 4) is 0 Å². The fraction of sp³-hybridized carbons (Fsp3) is 0.